The maximum Gasteiger partial charge on any atom is 0.322 e. The van der Waals surface area contributed by atoms with E-state index in [1.54, 1.807) is 0 Å². The second kappa shape index (κ2) is 7.78. The van der Waals surface area contributed by atoms with E-state index in [9.17, 15) is 0 Å². The average molecular weight is 307 g/mol. The third kappa shape index (κ3) is 5.55. The lowest BCUT2D eigenvalue weighted by Gasteiger charge is -2.09. The van der Waals surface area contributed by atoms with Crippen molar-refractivity contribution in [3.05, 3.63) is 41.2 Å². The molecule has 0 amide bonds. The number of ether oxygens (including phenoxy) is 1. The van der Waals surface area contributed by atoms with Crippen LogP contribution >= 0.6 is 11.6 Å². The first-order chi connectivity index (χ1) is 10.1. The van der Waals surface area contributed by atoms with Gasteiger partial charge in [0.05, 0.1) is 6.10 Å². The van der Waals surface area contributed by atoms with Gasteiger partial charge in [-0.2, -0.15) is 15.0 Å². The van der Waals surface area contributed by atoms with Gasteiger partial charge in [0.25, 0.3) is 0 Å². The van der Waals surface area contributed by atoms with Crippen molar-refractivity contribution < 1.29 is 4.74 Å². The van der Waals surface area contributed by atoms with Crippen LogP contribution in [0.3, 0.4) is 0 Å². The van der Waals surface area contributed by atoms with Crippen molar-refractivity contribution >= 4 is 17.5 Å². The van der Waals surface area contributed by atoms with Crippen LogP contribution in [0.5, 0.6) is 6.01 Å². The zero-order valence-corrected chi connectivity index (χ0v) is 13.0. The van der Waals surface area contributed by atoms with Gasteiger partial charge in [0.1, 0.15) is 0 Å². The zero-order valence-electron chi connectivity index (χ0n) is 12.2. The van der Waals surface area contributed by atoms with Crippen LogP contribution in [-0.4, -0.2) is 27.6 Å². The summed E-state index contributed by atoms with van der Waals surface area (Å²) < 4.78 is 5.42. The first-order valence-electron chi connectivity index (χ1n) is 6.99. The average Bonchev–Trinajstić information content (AvgIpc) is 2.43. The van der Waals surface area contributed by atoms with Gasteiger partial charge < -0.3 is 10.1 Å². The number of nitrogens with one attached hydrogen (secondary N) is 1. The number of nitrogens with zero attached hydrogens (tertiary/aromatic N) is 3. The van der Waals surface area contributed by atoms with Gasteiger partial charge in [-0.25, -0.2) is 0 Å². The predicted octanol–water partition coefficient (Wildman–Crippen LogP) is 3.36. The van der Waals surface area contributed by atoms with Crippen LogP contribution in [0.15, 0.2) is 30.3 Å². The summed E-state index contributed by atoms with van der Waals surface area (Å²) in [6.07, 6.45) is 1.98. The number of rotatable bonds is 7. The number of hydrogen-bond acceptors (Lipinski definition) is 5. The molecule has 0 saturated heterocycles. The fourth-order valence-electron chi connectivity index (χ4n) is 1.81. The van der Waals surface area contributed by atoms with Crippen molar-refractivity contribution in [3.63, 3.8) is 0 Å². The summed E-state index contributed by atoms with van der Waals surface area (Å²) in [5.41, 5.74) is 1.32. The Morgan fingerprint density at radius 3 is 2.62 bits per heavy atom. The van der Waals surface area contributed by atoms with Gasteiger partial charge in [-0.05, 0) is 43.9 Å². The highest BCUT2D eigenvalue weighted by Crippen LogP contribution is 2.12. The number of hydrogen-bond donors (Lipinski definition) is 1. The van der Waals surface area contributed by atoms with Crippen LogP contribution in [0.4, 0.5) is 5.95 Å². The summed E-state index contributed by atoms with van der Waals surface area (Å²) in [6, 6.07) is 10.6. The van der Waals surface area contributed by atoms with E-state index >= 15 is 0 Å². The molecule has 0 aliphatic heterocycles. The molecule has 0 spiro atoms. The highest BCUT2D eigenvalue weighted by atomic mass is 35.5. The minimum Gasteiger partial charge on any atom is -0.461 e. The molecule has 0 aliphatic rings. The van der Waals surface area contributed by atoms with Crippen molar-refractivity contribution in [2.24, 2.45) is 0 Å². The monoisotopic (exact) mass is 306 g/mol. The molecule has 2 aromatic rings. The third-order valence-corrected chi connectivity index (χ3v) is 2.87. The minimum atomic E-state index is -0.00519. The van der Waals surface area contributed by atoms with Gasteiger partial charge in [-0.1, -0.05) is 30.3 Å². The van der Waals surface area contributed by atoms with Gasteiger partial charge in [0.2, 0.25) is 11.2 Å². The van der Waals surface area contributed by atoms with E-state index in [4.69, 9.17) is 16.3 Å². The topological polar surface area (TPSA) is 59.9 Å². The maximum atomic E-state index is 5.86. The highest BCUT2D eigenvalue weighted by Gasteiger charge is 2.07. The molecule has 0 fully saturated rings. The number of benzene rings is 1. The van der Waals surface area contributed by atoms with Crippen LogP contribution in [0.2, 0.25) is 5.28 Å². The fourth-order valence-corrected chi connectivity index (χ4v) is 1.96. The Morgan fingerprint density at radius 1 is 1.14 bits per heavy atom. The minimum absolute atomic E-state index is 0.00519. The maximum absolute atomic E-state index is 5.86. The van der Waals surface area contributed by atoms with Crippen LogP contribution in [0.1, 0.15) is 25.8 Å². The summed E-state index contributed by atoms with van der Waals surface area (Å²) in [5, 5.41) is 3.27. The van der Waals surface area contributed by atoms with Gasteiger partial charge in [0, 0.05) is 6.54 Å². The number of aryl methyl sites for hydroxylation is 1. The van der Waals surface area contributed by atoms with Crippen molar-refractivity contribution in [1.82, 2.24) is 15.0 Å². The molecule has 1 aromatic carbocycles. The van der Waals surface area contributed by atoms with Crippen LogP contribution < -0.4 is 10.1 Å². The Bertz CT molecular complexity index is 563. The van der Waals surface area contributed by atoms with E-state index in [0.29, 0.717) is 5.95 Å². The molecule has 0 atom stereocenters. The number of halogens is 1. The fraction of sp³-hybridized carbons (Fsp3) is 0.400. The van der Waals surface area contributed by atoms with E-state index in [-0.39, 0.29) is 17.4 Å². The highest BCUT2D eigenvalue weighted by molar-refractivity contribution is 6.28. The molecular formula is C15H19ClN4O. The molecule has 0 aliphatic carbocycles. The Kier molecular flexibility index (Phi) is 5.75. The molecule has 0 saturated carbocycles. The lowest BCUT2D eigenvalue weighted by molar-refractivity contribution is 0.222. The second-order valence-electron chi connectivity index (χ2n) is 4.89. The Hall–Kier alpha value is -1.88. The SMILES string of the molecule is CC(C)Oc1nc(Cl)nc(NCCCc2ccccc2)n1. The molecule has 0 bridgehead atoms. The predicted molar refractivity (Wildman–Crippen MR) is 83.9 cm³/mol. The molecule has 1 N–H and O–H groups in total. The summed E-state index contributed by atoms with van der Waals surface area (Å²) >= 11 is 5.86. The standard InChI is InChI=1S/C15H19ClN4O/c1-11(2)21-15-19-13(16)18-14(20-15)17-10-6-9-12-7-4-3-5-8-12/h3-5,7-8,11H,6,9-10H2,1-2H3,(H,17,18,19,20). The number of anilines is 1. The Balaban J connectivity index is 1.84. The largest absolute Gasteiger partial charge is 0.461 e. The summed E-state index contributed by atoms with van der Waals surface area (Å²) in [7, 11) is 0. The molecule has 112 valence electrons. The second-order valence-corrected chi connectivity index (χ2v) is 5.23. The van der Waals surface area contributed by atoms with Crippen LogP contribution in [0.25, 0.3) is 0 Å². The quantitative estimate of drug-likeness (QED) is 0.795. The van der Waals surface area contributed by atoms with E-state index in [1.807, 2.05) is 32.0 Å². The summed E-state index contributed by atoms with van der Waals surface area (Å²) in [6.45, 7) is 4.58. The summed E-state index contributed by atoms with van der Waals surface area (Å²) in [5.74, 6) is 0.443. The zero-order chi connectivity index (χ0) is 15.1. The van der Waals surface area contributed by atoms with Crippen LogP contribution in [-0.2, 0) is 6.42 Å². The lowest BCUT2D eigenvalue weighted by Crippen LogP contribution is -2.12. The molecule has 1 heterocycles. The van der Waals surface area contributed by atoms with E-state index < -0.39 is 0 Å². The van der Waals surface area contributed by atoms with Crippen molar-refractivity contribution in [1.29, 1.82) is 0 Å². The smallest absolute Gasteiger partial charge is 0.322 e. The molecule has 2 rings (SSSR count). The molecule has 21 heavy (non-hydrogen) atoms. The first-order valence-corrected chi connectivity index (χ1v) is 7.37. The third-order valence-electron chi connectivity index (χ3n) is 2.70. The molecular weight excluding hydrogens is 288 g/mol. The first kappa shape index (κ1) is 15.5. The van der Waals surface area contributed by atoms with E-state index in [2.05, 4.69) is 32.4 Å². The van der Waals surface area contributed by atoms with Crippen molar-refractivity contribution in [3.8, 4) is 6.01 Å². The van der Waals surface area contributed by atoms with Gasteiger partial charge in [-0.3, -0.25) is 0 Å². The lowest BCUT2D eigenvalue weighted by atomic mass is 10.1. The van der Waals surface area contributed by atoms with E-state index in [0.717, 1.165) is 19.4 Å². The molecule has 6 heteroatoms. The van der Waals surface area contributed by atoms with Crippen LogP contribution in [0, 0.1) is 0 Å². The van der Waals surface area contributed by atoms with Gasteiger partial charge in [-0.15, -0.1) is 0 Å². The van der Waals surface area contributed by atoms with Crippen molar-refractivity contribution in [2.75, 3.05) is 11.9 Å². The normalized spacial score (nSPS) is 10.7. The molecule has 1 aromatic heterocycles. The molecule has 5 nitrogen and oxygen atoms in total. The van der Waals surface area contributed by atoms with Gasteiger partial charge in [0.15, 0.2) is 0 Å². The number of aromatic nitrogens is 3. The Morgan fingerprint density at radius 2 is 1.90 bits per heavy atom. The van der Waals surface area contributed by atoms with Gasteiger partial charge >= 0.3 is 6.01 Å². The summed E-state index contributed by atoms with van der Waals surface area (Å²) in [4.78, 5) is 12.1. The van der Waals surface area contributed by atoms with E-state index in [1.165, 1.54) is 5.56 Å². The Labute approximate surface area is 129 Å². The molecule has 0 radical (unpaired) electrons. The molecule has 0 unspecified atom stereocenters. The van der Waals surface area contributed by atoms with Crippen molar-refractivity contribution in [2.45, 2.75) is 32.8 Å².